The van der Waals surface area contributed by atoms with E-state index in [-0.39, 0.29) is 6.03 Å². The Morgan fingerprint density at radius 3 is 2.04 bits per heavy atom. The first-order valence-electron chi connectivity index (χ1n) is 8.83. The van der Waals surface area contributed by atoms with E-state index in [2.05, 4.69) is 51.5 Å². The average Bonchev–Trinajstić information content (AvgIpc) is 2.60. The van der Waals surface area contributed by atoms with Crippen molar-refractivity contribution >= 4 is 11.7 Å². The fourth-order valence-electron chi connectivity index (χ4n) is 2.78. The summed E-state index contributed by atoms with van der Waals surface area (Å²) in [6.07, 6.45) is 0. The highest BCUT2D eigenvalue weighted by atomic mass is 16.2. The molecular weight excluding hydrogens is 324 g/mol. The number of amides is 2. The molecule has 2 aromatic carbocycles. The lowest BCUT2D eigenvalue weighted by Crippen LogP contribution is -2.36. The standard InChI is InChI=1S/C21H30N4O/c1-23(2)16-19-9-7-6-8-18(19)14-22-21(26)25(5)15-17-10-12-20(13-11-17)24(3)4/h6-13H,14-16H2,1-5H3,(H,22,26). The highest BCUT2D eigenvalue weighted by Gasteiger charge is 2.10. The van der Waals surface area contributed by atoms with Gasteiger partial charge in [-0.25, -0.2) is 4.79 Å². The largest absolute Gasteiger partial charge is 0.378 e. The lowest BCUT2D eigenvalue weighted by atomic mass is 10.1. The Hall–Kier alpha value is -2.53. The number of urea groups is 1. The Labute approximate surface area is 157 Å². The van der Waals surface area contributed by atoms with E-state index in [4.69, 9.17) is 0 Å². The zero-order valence-corrected chi connectivity index (χ0v) is 16.5. The third kappa shape index (κ3) is 5.77. The van der Waals surface area contributed by atoms with Crippen molar-refractivity contribution in [2.24, 2.45) is 0 Å². The third-order valence-electron chi connectivity index (χ3n) is 4.25. The predicted molar refractivity (Wildman–Crippen MR) is 108 cm³/mol. The van der Waals surface area contributed by atoms with E-state index < -0.39 is 0 Å². The Balaban J connectivity index is 1.91. The second kappa shape index (κ2) is 9.25. The number of carbonyl (C=O) groups excluding carboxylic acids is 1. The molecule has 2 rings (SSSR count). The van der Waals surface area contributed by atoms with Crippen molar-refractivity contribution in [3.8, 4) is 0 Å². The number of hydrogen-bond acceptors (Lipinski definition) is 3. The molecule has 0 aliphatic heterocycles. The summed E-state index contributed by atoms with van der Waals surface area (Å²) in [4.78, 5) is 18.3. The molecule has 26 heavy (non-hydrogen) atoms. The molecule has 0 fully saturated rings. The van der Waals surface area contributed by atoms with Crippen LogP contribution in [0.3, 0.4) is 0 Å². The van der Waals surface area contributed by atoms with Gasteiger partial charge in [-0.15, -0.1) is 0 Å². The predicted octanol–water partition coefficient (Wildman–Crippen LogP) is 3.16. The molecular formula is C21H30N4O. The van der Waals surface area contributed by atoms with Gasteiger partial charge in [0.25, 0.3) is 0 Å². The quantitative estimate of drug-likeness (QED) is 0.830. The van der Waals surface area contributed by atoms with E-state index in [1.807, 2.05) is 47.4 Å². The minimum absolute atomic E-state index is 0.0682. The number of anilines is 1. The van der Waals surface area contributed by atoms with E-state index in [0.717, 1.165) is 23.4 Å². The van der Waals surface area contributed by atoms with Crippen LogP contribution in [-0.4, -0.2) is 51.1 Å². The minimum Gasteiger partial charge on any atom is -0.378 e. The topological polar surface area (TPSA) is 38.8 Å². The molecule has 0 radical (unpaired) electrons. The van der Waals surface area contributed by atoms with Crippen molar-refractivity contribution in [1.29, 1.82) is 0 Å². The SMILES string of the molecule is CN(C)Cc1ccccc1CNC(=O)N(C)Cc1ccc(N(C)C)cc1. The molecule has 0 saturated carbocycles. The summed E-state index contributed by atoms with van der Waals surface area (Å²) in [7, 11) is 9.95. The number of nitrogens with zero attached hydrogens (tertiary/aromatic N) is 3. The van der Waals surface area contributed by atoms with Gasteiger partial charge >= 0.3 is 6.03 Å². The normalized spacial score (nSPS) is 10.7. The molecule has 5 nitrogen and oxygen atoms in total. The van der Waals surface area contributed by atoms with Crippen LogP contribution in [0.5, 0.6) is 0 Å². The van der Waals surface area contributed by atoms with Crippen molar-refractivity contribution in [3.05, 3.63) is 65.2 Å². The van der Waals surface area contributed by atoms with Crippen molar-refractivity contribution in [1.82, 2.24) is 15.1 Å². The first kappa shape index (κ1) is 19.8. The zero-order chi connectivity index (χ0) is 19.1. The summed E-state index contributed by atoms with van der Waals surface area (Å²) in [5, 5.41) is 3.02. The van der Waals surface area contributed by atoms with E-state index >= 15 is 0 Å². The Morgan fingerprint density at radius 2 is 1.46 bits per heavy atom. The van der Waals surface area contributed by atoms with Gasteiger partial charge in [0.15, 0.2) is 0 Å². The Morgan fingerprint density at radius 1 is 0.846 bits per heavy atom. The van der Waals surface area contributed by atoms with E-state index in [9.17, 15) is 4.79 Å². The molecule has 0 unspecified atom stereocenters. The van der Waals surface area contributed by atoms with Gasteiger partial charge in [-0.2, -0.15) is 0 Å². The third-order valence-corrected chi connectivity index (χ3v) is 4.25. The van der Waals surface area contributed by atoms with Crippen molar-refractivity contribution < 1.29 is 4.79 Å². The molecule has 0 spiro atoms. The molecule has 5 heteroatoms. The number of benzene rings is 2. The van der Waals surface area contributed by atoms with Crippen LogP contribution in [-0.2, 0) is 19.6 Å². The van der Waals surface area contributed by atoms with E-state index in [0.29, 0.717) is 13.1 Å². The summed E-state index contributed by atoms with van der Waals surface area (Å²) >= 11 is 0. The minimum atomic E-state index is -0.0682. The van der Waals surface area contributed by atoms with Crippen molar-refractivity contribution in [3.63, 3.8) is 0 Å². The molecule has 2 amide bonds. The Kier molecular flexibility index (Phi) is 7.04. The second-order valence-electron chi connectivity index (χ2n) is 7.08. The van der Waals surface area contributed by atoms with Crippen LogP contribution in [0.1, 0.15) is 16.7 Å². The molecule has 0 heterocycles. The monoisotopic (exact) mass is 354 g/mol. The van der Waals surface area contributed by atoms with E-state index in [1.165, 1.54) is 5.56 Å². The number of carbonyl (C=O) groups is 1. The lowest BCUT2D eigenvalue weighted by molar-refractivity contribution is 0.206. The average molecular weight is 354 g/mol. The summed E-state index contributed by atoms with van der Waals surface area (Å²) in [5.74, 6) is 0. The Bertz CT molecular complexity index is 710. The summed E-state index contributed by atoms with van der Waals surface area (Å²) < 4.78 is 0. The van der Waals surface area contributed by atoms with Crippen LogP contribution in [0, 0.1) is 0 Å². The van der Waals surface area contributed by atoms with Gasteiger partial charge in [-0.3, -0.25) is 0 Å². The maximum Gasteiger partial charge on any atom is 0.317 e. The first-order valence-corrected chi connectivity index (χ1v) is 8.83. The van der Waals surface area contributed by atoms with Gasteiger partial charge in [-0.1, -0.05) is 36.4 Å². The van der Waals surface area contributed by atoms with Gasteiger partial charge in [-0.05, 0) is 42.9 Å². The number of rotatable bonds is 7. The van der Waals surface area contributed by atoms with Crippen LogP contribution >= 0.6 is 0 Å². The first-order chi connectivity index (χ1) is 12.4. The van der Waals surface area contributed by atoms with Crippen molar-refractivity contribution in [2.75, 3.05) is 40.1 Å². The van der Waals surface area contributed by atoms with Gasteiger partial charge in [0.2, 0.25) is 0 Å². The molecule has 140 valence electrons. The van der Waals surface area contributed by atoms with E-state index in [1.54, 1.807) is 4.90 Å². The maximum atomic E-state index is 12.4. The highest BCUT2D eigenvalue weighted by Crippen LogP contribution is 2.14. The number of hydrogen-bond donors (Lipinski definition) is 1. The number of nitrogens with one attached hydrogen (secondary N) is 1. The molecule has 0 aliphatic carbocycles. The van der Waals surface area contributed by atoms with Crippen LogP contribution in [0.4, 0.5) is 10.5 Å². The molecule has 0 aliphatic rings. The van der Waals surface area contributed by atoms with Crippen LogP contribution in [0.25, 0.3) is 0 Å². The van der Waals surface area contributed by atoms with Gasteiger partial charge in [0.1, 0.15) is 0 Å². The van der Waals surface area contributed by atoms with Crippen LogP contribution in [0.15, 0.2) is 48.5 Å². The molecule has 0 bridgehead atoms. The lowest BCUT2D eigenvalue weighted by Gasteiger charge is -2.20. The second-order valence-corrected chi connectivity index (χ2v) is 7.08. The van der Waals surface area contributed by atoms with Crippen LogP contribution in [0.2, 0.25) is 0 Å². The van der Waals surface area contributed by atoms with Crippen molar-refractivity contribution in [2.45, 2.75) is 19.6 Å². The van der Waals surface area contributed by atoms with Gasteiger partial charge < -0.3 is 20.0 Å². The molecule has 0 saturated heterocycles. The fourth-order valence-corrected chi connectivity index (χ4v) is 2.78. The summed E-state index contributed by atoms with van der Waals surface area (Å²) in [6, 6.07) is 16.4. The van der Waals surface area contributed by atoms with Gasteiger partial charge in [0.05, 0.1) is 0 Å². The summed E-state index contributed by atoms with van der Waals surface area (Å²) in [6.45, 7) is 1.98. The molecule has 0 atom stereocenters. The smallest absolute Gasteiger partial charge is 0.317 e. The molecule has 0 aromatic heterocycles. The summed E-state index contributed by atoms with van der Waals surface area (Å²) in [5.41, 5.74) is 4.65. The fraction of sp³-hybridized carbons (Fsp3) is 0.381. The maximum absolute atomic E-state index is 12.4. The van der Waals surface area contributed by atoms with Crippen LogP contribution < -0.4 is 10.2 Å². The zero-order valence-electron chi connectivity index (χ0n) is 16.5. The molecule has 1 N–H and O–H groups in total. The van der Waals surface area contributed by atoms with Gasteiger partial charge in [0, 0.05) is 46.5 Å². The molecule has 2 aromatic rings. The highest BCUT2D eigenvalue weighted by molar-refractivity contribution is 5.73.